The standard InChI is InChI=1S/C22H24FN5O2S/c1-2-30-17-9-7-16(8-10-17)21-24-25-22(31)28(21)15-20(29)27-13-11-26(12-14-27)19-6-4-3-5-18(19)23/h3-10H,2,11-15H2,1H3,(H,25,31). The summed E-state index contributed by atoms with van der Waals surface area (Å²) in [5, 5.41) is 7.09. The summed E-state index contributed by atoms with van der Waals surface area (Å²) >= 11 is 5.36. The van der Waals surface area contributed by atoms with Crippen LogP contribution in [0.3, 0.4) is 0 Å². The summed E-state index contributed by atoms with van der Waals surface area (Å²) in [5.41, 5.74) is 1.41. The third kappa shape index (κ3) is 4.61. The van der Waals surface area contributed by atoms with Crippen molar-refractivity contribution >= 4 is 23.8 Å². The van der Waals surface area contributed by atoms with Gasteiger partial charge in [-0.25, -0.2) is 4.39 Å². The fourth-order valence-electron chi connectivity index (χ4n) is 3.69. The van der Waals surface area contributed by atoms with Crippen molar-refractivity contribution in [2.45, 2.75) is 13.5 Å². The number of aromatic nitrogens is 3. The molecule has 1 amide bonds. The number of benzene rings is 2. The highest BCUT2D eigenvalue weighted by molar-refractivity contribution is 7.71. The maximum absolute atomic E-state index is 14.0. The second-order valence-electron chi connectivity index (χ2n) is 7.22. The van der Waals surface area contributed by atoms with Gasteiger partial charge >= 0.3 is 0 Å². The molecule has 1 aromatic heterocycles. The zero-order valence-electron chi connectivity index (χ0n) is 17.3. The average Bonchev–Trinajstić information content (AvgIpc) is 3.15. The molecular weight excluding hydrogens is 417 g/mol. The fourth-order valence-corrected chi connectivity index (χ4v) is 3.89. The first-order chi connectivity index (χ1) is 15.1. The Balaban J connectivity index is 1.43. The molecule has 0 atom stereocenters. The van der Waals surface area contributed by atoms with Crippen LogP contribution in [0.2, 0.25) is 0 Å². The highest BCUT2D eigenvalue weighted by atomic mass is 32.1. The Bertz CT molecular complexity index is 1100. The molecule has 31 heavy (non-hydrogen) atoms. The summed E-state index contributed by atoms with van der Waals surface area (Å²) in [6, 6.07) is 14.2. The topological polar surface area (TPSA) is 66.4 Å². The summed E-state index contributed by atoms with van der Waals surface area (Å²) in [5.74, 6) is 1.09. The molecule has 2 aromatic carbocycles. The molecule has 0 aliphatic carbocycles. The van der Waals surface area contributed by atoms with Gasteiger partial charge in [-0.2, -0.15) is 5.10 Å². The van der Waals surface area contributed by atoms with Gasteiger partial charge in [0.1, 0.15) is 18.1 Å². The molecule has 0 bridgehead atoms. The third-order valence-electron chi connectivity index (χ3n) is 5.30. The highest BCUT2D eigenvalue weighted by Crippen LogP contribution is 2.22. The van der Waals surface area contributed by atoms with Crippen molar-refractivity contribution in [2.24, 2.45) is 0 Å². The zero-order valence-corrected chi connectivity index (χ0v) is 18.1. The van der Waals surface area contributed by atoms with Crippen LogP contribution in [-0.2, 0) is 11.3 Å². The number of amides is 1. The van der Waals surface area contributed by atoms with Gasteiger partial charge in [0, 0.05) is 31.7 Å². The number of H-pyrrole nitrogens is 1. The Kier molecular flexibility index (Phi) is 6.31. The van der Waals surface area contributed by atoms with E-state index in [1.807, 2.05) is 42.2 Å². The van der Waals surface area contributed by atoms with Gasteiger partial charge in [0.2, 0.25) is 5.91 Å². The van der Waals surface area contributed by atoms with E-state index in [1.165, 1.54) is 6.07 Å². The SMILES string of the molecule is CCOc1ccc(-c2n[nH]c(=S)n2CC(=O)N2CCN(c3ccccc3F)CC2)cc1. The van der Waals surface area contributed by atoms with Crippen LogP contribution in [0.15, 0.2) is 48.5 Å². The number of carbonyl (C=O) groups excluding carboxylic acids is 1. The van der Waals surface area contributed by atoms with Crippen molar-refractivity contribution < 1.29 is 13.9 Å². The zero-order chi connectivity index (χ0) is 21.8. The number of anilines is 1. The number of carbonyl (C=O) groups is 1. The molecule has 1 aliphatic rings. The van der Waals surface area contributed by atoms with E-state index in [4.69, 9.17) is 17.0 Å². The Morgan fingerprint density at radius 2 is 1.84 bits per heavy atom. The lowest BCUT2D eigenvalue weighted by Crippen LogP contribution is -2.49. The predicted octanol–water partition coefficient (Wildman–Crippen LogP) is 3.49. The lowest BCUT2D eigenvalue weighted by Gasteiger charge is -2.36. The van der Waals surface area contributed by atoms with Crippen molar-refractivity contribution in [2.75, 3.05) is 37.7 Å². The van der Waals surface area contributed by atoms with E-state index in [2.05, 4.69) is 10.2 Å². The normalized spacial score (nSPS) is 14.0. The van der Waals surface area contributed by atoms with E-state index in [1.54, 1.807) is 21.6 Å². The number of halogens is 1. The molecule has 1 fully saturated rings. The lowest BCUT2D eigenvalue weighted by atomic mass is 10.2. The predicted molar refractivity (Wildman–Crippen MR) is 119 cm³/mol. The molecule has 7 nitrogen and oxygen atoms in total. The van der Waals surface area contributed by atoms with Gasteiger partial charge in [-0.1, -0.05) is 12.1 Å². The summed E-state index contributed by atoms with van der Waals surface area (Å²) in [6.07, 6.45) is 0. The Morgan fingerprint density at radius 3 is 2.52 bits per heavy atom. The molecule has 0 unspecified atom stereocenters. The number of hydrogen-bond acceptors (Lipinski definition) is 5. The largest absolute Gasteiger partial charge is 0.494 e. The number of rotatable bonds is 6. The van der Waals surface area contributed by atoms with Crippen LogP contribution < -0.4 is 9.64 Å². The second-order valence-corrected chi connectivity index (χ2v) is 7.60. The third-order valence-corrected chi connectivity index (χ3v) is 5.61. The van der Waals surface area contributed by atoms with Crippen LogP contribution >= 0.6 is 12.2 Å². The number of hydrogen-bond donors (Lipinski definition) is 1. The number of nitrogens with zero attached hydrogens (tertiary/aromatic N) is 4. The smallest absolute Gasteiger partial charge is 0.242 e. The van der Waals surface area contributed by atoms with Crippen LogP contribution in [0, 0.1) is 10.6 Å². The molecule has 0 spiro atoms. The molecule has 0 radical (unpaired) electrons. The van der Waals surface area contributed by atoms with E-state index in [0.29, 0.717) is 49.1 Å². The average molecular weight is 442 g/mol. The molecule has 1 aliphatic heterocycles. The number of piperazine rings is 1. The van der Waals surface area contributed by atoms with E-state index in [9.17, 15) is 9.18 Å². The summed E-state index contributed by atoms with van der Waals surface area (Å²) < 4.78 is 21.6. The van der Waals surface area contributed by atoms with Crippen molar-refractivity contribution in [3.63, 3.8) is 0 Å². The van der Waals surface area contributed by atoms with Crippen LogP contribution in [0.1, 0.15) is 6.92 Å². The molecular formula is C22H24FN5O2S. The van der Waals surface area contributed by atoms with Gasteiger partial charge in [-0.05, 0) is 55.5 Å². The molecule has 1 saturated heterocycles. The van der Waals surface area contributed by atoms with Crippen molar-refractivity contribution in [3.05, 3.63) is 59.1 Å². The van der Waals surface area contributed by atoms with Crippen molar-refractivity contribution in [3.8, 4) is 17.1 Å². The van der Waals surface area contributed by atoms with Gasteiger partial charge in [0.15, 0.2) is 10.6 Å². The second kappa shape index (κ2) is 9.30. The van der Waals surface area contributed by atoms with E-state index in [-0.39, 0.29) is 18.3 Å². The first-order valence-electron chi connectivity index (χ1n) is 10.2. The van der Waals surface area contributed by atoms with Gasteiger partial charge in [-0.3, -0.25) is 14.5 Å². The van der Waals surface area contributed by atoms with Crippen molar-refractivity contribution in [1.82, 2.24) is 19.7 Å². The molecule has 9 heteroatoms. The van der Waals surface area contributed by atoms with Crippen LogP contribution in [-0.4, -0.2) is 58.4 Å². The first kappa shape index (κ1) is 21.0. The highest BCUT2D eigenvalue weighted by Gasteiger charge is 2.24. The molecule has 1 N–H and O–H groups in total. The first-order valence-corrected chi connectivity index (χ1v) is 10.6. The van der Waals surface area contributed by atoms with Gasteiger partial charge in [-0.15, -0.1) is 0 Å². The van der Waals surface area contributed by atoms with Gasteiger partial charge in [0.05, 0.1) is 12.3 Å². The van der Waals surface area contributed by atoms with E-state index in [0.717, 1.165) is 11.3 Å². The fraction of sp³-hybridized carbons (Fsp3) is 0.318. The number of aromatic amines is 1. The molecule has 2 heterocycles. The molecule has 0 saturated carbocycles. The minimum Gasteiger partial charge on any atom is -0.494 e. The number of para-hydroxylation sites is 1. The number of nitrogens with one attached hydrogen (secondary N) is 1. The van der Waals surface area contributed by atoms with Crippen LogP contribution in [0.5, 0.6) is 5.75 Å². The Labute approximate surface area is 185 Å². The van der Waals surface area contributed by atoms with E-state index < -0.39 is 0 Å². The van der Waals surface area contributed by atoms with Gasteiger partial charge in [0.25, 0.3) is 0 Å². The molecule has 162 valence electrons. The summed E-state index contributed by atoms with van der Waals surface area (Å²) in [6.45, 7) is 4.83. The quantitative estimate of drug-likeness (QED) is 0.593. The lowest BCUT2D eigenvalue weighted by molar-refractivity contribution is -0.132. The maximum atomic E-state index is 14.0. The van der Waals surface area contributed by atoms with E-state index >= 15 is 0 Å². The minimum atomic E-state index is -0.244. The maximum Gasteiger partial charge on any atom is 0.242 e. The number of ether oxygens (including phenoxy) is 1. The van der Waals surface area contributed by atoms with Crippen molar-refractivity contribution in [1.29, 1.82) is 0 Å². The summed E-state index contributed by atoms with van der Waals surface area (Å²) in [4.78, 5) is 16.7. The molecule has 4 rings (SSSR count). The van der Waals surface area contributed by atoms with Gasteiger partial charge < -0.3 is 14.5 Å². The van der Waals surface area contributed by atoms with Crippen LogP contribution in [0.25, 0.3) is 11.4 Å². The Hall–Kier alpha value is -3.20. The minimum absolute atomic E-state index is 0.0436. The van der Waals surface area contributed by atoms with Crippen LogP contribution in [0.4, 0.5) is 10.1 Å². The monoisotopic (exact) mass is 441 g/mol. The molecule has 3 aromatic rings. The Morgan fingerprint density at radius 1 is 1.13 bits per heavy atom. The summed E-state index contributed by atoms with van der Waals surface area (Å²) in [7, 11) is 0.